The summed E-state index contributed by atoms with van der Waals surface area (Å²) in [7, 11) is 0. The maximum atomic E-state index is 5.63. The number of alkyl halides is 1. The Balaban J connectivity index is 3.11. The van der Waals surface area contributed by atoms with E-state index in [9.17, 15) is 0 Å². The van der Waals surface area contributed by atoms with Gasteiger partial charge in [-0.1, -0.05) is 69.8 Å². The summed E-state index contributed by atoms with van der Waals surface area (Å²) < 4.78 is 0. The Labute approximate surface area is 113 Å². The smallest absolute Gasteiger partial charge is 0.0223 e. The van der Waals surface area contributed by atoms with E-state index in [2.05, 4.69) is 31.2 Å². The molecule has 1 heteroatoms. The molecule has 0 aromatic rings. The topological polar surface area (TPSA) is 0 Å². The Bertz CT molecular complexity index is 182. The lowest BCUT2D eigenvalue weighted by Crippen LogP contribution is -1.80. The van der Waals surface area contributed by atoms with Crippen molar-refractivity contribution in [2.24, 2.45) is 0 Å². The summed E-state index contributed by atoms with van der Waals surface area (Å²) in [5.74, 6) is 0.826. The highest BCUT2D eigenvalue weighted by molar-refractivity contribution is 6.17. The number of halogens is 1. The lowest BCUT2D eigenvalue weighted by atomic mass is 10.1. The molecule has 0 saturated heterocycles. The molecular formula is C16H29Cl. The van der Waals surface area contributed by atoms with Crippen molar-refractivity contribution in [2.45, 2.75) is 71.1 Å². The lowest BCUT2D eigenvalue weighted by Gasteiger charge is -1.98. The molecule has 0 unspecified atom stereocenters. The van der Waals surface area contributed by atoms with Crippen LogP contribution < -0.4 is 0 Å². The highest BCUT2D eigenvalue weighted by Gasteiger charge is 1.89. The number of unbranched alkanes of at least 4 members (excludes halogenated alkanes) is 8. The summed E-state index contributed by atoms with van der Waals surface area (Å²) in [6.45, 7) is 2.23. The third kappa shape index (κ3) is 15.8. The van der Waals surface area contributed by atoms with Crippen molar-refractivity contribution in [3.63, 3.8) is 0 Å². The van der Waals surface area contributed by atoms with Crippen LogP contribution in [-0.4, -0.2) is 5.88 Å². The van der Waals surface area contributed by atoms with Crippen LogP contribution in [0.2, 0.25) is 0 Å². The largest absolute Gasteiger partial charge is 0.127 e. The van der Waals surface area contributed by atoms with Gasteiger partial charge in [0.2, 0.25) is 0 Å². The van der Waals surface area contributed by atoms with E-state index in [0.29, 0.717) is 0 Å². The fourth-order valence-corrected chi connectivity index (χ4v) is 1.92. The van der Waals surface area contributed by atoms with E-state index in [0.717, 1.165) is 5.88 Å². The van der Waals surface area contributed by atoms with Gasteiger partial charge in [0.15, 0.2) is 0 Å². The summed E-state index contributed by atoms with van der Waals surface area (Å²) in [6, 6.07) is 0. The van der Waals surface area contributed by atoms with E-state index in [4.69, 9.17) is 11.6 Å². The molecule has 0 saturated carbocycles. The first-order valence-corrected chi connectivity index (χ1v) is 7.83. The number of allylic oxidation sites excluding steroid dienone is 4. The molecule has 0 bridgehead atoms. The van der Waals surface area contributed by atoms with Crippen LogP contribution in [0.15, 0.2) is 24.3 Å². The molecule has 100 valence electrons. The van der Waals surface area contributed by atoms with E-state index < -0.39 is 0 Å². The minimum absolute atomic E-state index is 0.826. The van der Waals surface area contributed by atoms with Gasteiger partial charge in [-0.25, -0.2) is 0 Å². The molecule has 0 fully saturated rings. The van der Waals surface area contributed by atoms with Crippen LogP contribution in [0.3, 0.4) is 0 Å². The minimum Gasteiger partial charge on any atom is -0.127 e. The second-order valence-electron chi connectivity index (χ2n) is 4.60. The van der Waals surface area contributed by atoms with Crippen molar-refractivity contribution in [3.8, 4) is 0 Å². The predicted octanol–water partition coefficient (Wildman–Crippen LogP) is 6.26. The van der Waals surface area contributed by atoms with Crippen molar-refractivity contribution in [2.75, 3.05) is 5.88 Å². The third-order valence-corrected chi connectivity index (χ3v) is 3.13. The summed E-state index contributed by atoms with van der Waals surface area (Å²) in [5.41, 5.74) is 0. The average molecular weight is 257 g/mol. The Hall–Kier alpha value is -0.230. The van der Waals surface area contributed by atoms with Gasteiger partial charge in [-0.15, -0.1) is 11.6 Å². The average Bonchev–Trinajstić information content (AvgIpc) is 2.35. The third-order valence-electron chi connectivity index (χ3n) is 2.86. The molecule has 0 atom stereocenters. The Kier molecular flexibility index (Phi) is 15.6. The van der Waals surface area contributed by atoms with Gasteiger partial charge in [-0.2, -0.15) is 0 Å². The van der Waals surface area contributed by atoms with Crippen LogP contribution in [-0.2, 0) is 0 Å². The molecule has 0 nitrogen and oxygen atoms in total. The highest BCUT2D eigenvalue weighted by Crippen LogP contribution is 2.08. The van der Waals surface area contributed by atoms with Crippen molar-refractivity contribution >= 4 is 11.6 Å². The zero-order valence-electron chi connectivity index (χ0n) is 11.5. The van der Waals surface area contributed by atoms with Gasteiger partial charge in [-0.3, -0.25) is 0 Å². The van der Waals surface area contributed by atoms with E-state index in [1.54, 1.807) is 0 Å². The van der Waals surface area contributed by atoms with Gasteiger partial charge in [-0.05, 0) is 25.7 Å². The number of rotatable bonds is 12. The normalized spacial score (nSPS) is 11.9. The quantitative estimate of drug-likeness (QED) is 0.220. The van der Waals surface area contributed by atoms with Crippen molar-refractivity contribution in [1.82, 2.24) is 0 Å². The maximum absolute atomic E-state index is 5.63. The maximum Gasteiger partial charge on any atom is 0.0223 e. The molecule has 0 N–H and O–H groups in total. The van der Waals surface area contributed by atoms with Crippen molar-refractivity contribution in [1.29, 1.82) is 0 Å². The molecule has 0 radical (unpaired) electrons. The van der Waals surface area contributed by atoms with Crippen LogP contribution in [0, 0.1) is 0 Å². The number of hydrogen-bond acceptors (Lipinski definition) is 0. The van der Waals surface area contributed by atoms with Gasteiger partial charge in [0.05, 0.1) is 0 Å². The molecule has 0 heterocycles. The monoisotopic (exact) mass is 256 g/mol. The molecular weight excluding hydrogens is 228 g/mol. The van der Waals surface area contributed by atoms with Gasteiger partial charge >= 0.3 is 0 Å². The first-order valence-electron chi connectivity index (χ1n) is 7.29. The first-order chi connectivity index (χ1) is 8.41. The van der Waals surface area contributed by atoms with E-state index in [-0.39, 0.29) is 0 Å². The molecule has 0 aromatic heterocycles. The molecule has 0 aliphatic heterocycles. The highest BCUT2D eigenvalue weighted by atomic mass is 35.5. The fraction of sp³-hybridized carbons (Fsp3) is 0.750. The SMILES string of the molecule is CCCC/C=C\C=C/CCCCCCCCCl. The summed E-state index contributed by atoms with van der Waals surface area (Å²) >= 11 is 5.63. The first kappa shape index (κ1) is 16.8. The van der Waals surface area contributed by atoms with Gasteiger partial charge in [0, 0.05) is 5.88 Å². The second kappa shape index (κ2) is 15.8. The summed E-state index contributed by atoms with van der Waals surface area (Å²) in [6.07, 6.45) is 21.9. The predicted molar refractivity (Wildman–Crippen MR) is 80.8 cm³/mol. The molecule has 0 aliphatic rings. The lowest BCUT2D eigenvalue weighted by molar-refractivity contribution is 0.612. The standard InChI is InChI=1S/C16H29Cl/c1-2-3-4-5-6-7-8-9-10-11-12-13-14-15-16-17/h5-8H,2-4,9-16H2,1H3/b6-5-,8-7-. The molecule has 0 spiro atoms. The zero-order chi connectivity index (χ0) is 12.6. The van der Waals surface area contributed by atoms with E-state index in [1.165, 1.54) is 64.2 Å². The molecule has 0 rings (SSSR count). The van der Waals surface area contributed by atoms with Crippen LogP contribution in [0.4, 0.5) is 0 Å². The Morgan fingerprint density at radius 3 is 1.82 bits per heavy atom. The summed E-state index contributed by atoms with van der Waals surface area (Å²) in [4.78, 5) is 0. The van der Waals surface area contributed by atoms with E-state index in [1.807, 2.05) is 0 Å². The zero-order valence-corrected chi connectivity index (χ0v) is 12.2. The van der Waals surface area contributed by atoms with Crippen molar-refractivity contribution in [3.05, 3.63) is 24.3 Å². The van der Waals surface area contributed by atoms with Crippen LogP contribution in [0.5, 0.6) is 0 Å². The van der Waals surface area contributed by atoms with Gasteiger partial charge in [0.1, 0.15) is 0 Å². The van der Waals surface area contributed by atoms with Crippen LogP contribution >= 0.6 is 11.6 Å². The van der Waals surface area contributed by atoms with Gasteiger partial charge < -0.3 is 0 Å². The van der Waals surface area contributed by atoms with Crippen LogP contribution in [0.25, 0.3) is 0 Å². The minimum atomic E-state index is 0.826. The molecule has 0 amide bonds. The molecule has 0 aromatic carbocycles. The molecule has 17 heavy (non-hydrogen) atoms. The van der Waals surface area contributed by atoms with E-state index >= 15 is 0 Å². The van der Waals surface area contributed by atoms with Gasteiger partial charge in [0.25, 0.3) is 0 Å². The van der Waals surface area contributed by atoms with Crippen LogP contribution in [0.1, 0.15) is 71.1 Å². The number of hydrogen-bond donors (Lipinski definition) is 0. The summed E-state index contributed by atoms with van der Waals surface area (Å²) in [5, 5.41) is 0. The second-order valence-corrected chi connectivity index (χ2v) is 4.98. The molecule has 0 aliphatic carbocycles. The fourth-order valence-electron chi connectivity index (χ4n) is 1.74. The Morgan fingerprint density at radius 1 is 0.706 bits per heavy atom. The van der Waals surface area contributed by atoms with Crippen molar-refractivity contribution < 1.29 is 0 Å². The Morgan fingerprint density at radius 2 is 1.24 bits per heavy atom.